The number of unbranched alkanes of at least 4 members (excludes halogenated alkanes) is 5. The molecule has 0 radical (unpaired) electrons. The Morgan fingerprint density at radius 2 is 2.05 bits per heavy atom. The van der Waals surface area contributed by atoms with Crippen molar-refractivity contribution >= 4 is 41.3 Å². The first-order chi connectivity index (χ1) is 10.3. The largest absolute Gasteiger partial charge is 0.370 e. The summed E-state index contributed by atoms with van der Waals surface area (Å²) in [5, 5.41) is 6.43. The van der Waals surface area contributed by atoms with Crippen LogP contribution in [0, 0.1) is 0 Å². The number of nitrogens with zero attached hydrogens (tertiary/aromatic N) is 2. The van der Waals surface area contributed by atoms with E-state index in [4.69, 9.17) is 5.73 Å². The molecule has 1 heterocycles. The number of aromatic nitrogens is 1. The Hall–Kier alpha value is -0.370. The number of hydrogen-bond donors (Lipinski definition) is 2. The van der Waals surface area contributed by atoms with Crippen LogP contribution in [0.25, 0.3) is 0 Å². The summed E-state index contributed by atoms with van der Waals surface area (Å²) in [6, 6.07) is 0. The van der Waals surface area contributed by atoms with E-state index >= 15 is 0 Å². The number of hydrogen-bond acceptors (Lipinski definition) is 3. The molecule has 1 aromatic rings. The zero-order valence-electron chi connectivity index (χ0n) is 13.5. The van der Waals surface area contributed by atoms with Gasteiger partial charge in [-0.3, -0.25) is 0 Å². The van der Waals surface area contributed by atoms with Crippen molar-refractivity contribution in [1.82, 2.24) is 10.3 Å². The van der Waals surface area contributed by atoms with Gasteiger partial charge in [-0.05, 0) is 19.3 Å². The third kappa shape index (κ3) is 7.76. The molecule has 0 bridgehead atoms. The van der Waals surface area contributed by atoms with Crippen molar-refractivity contribution in [1.29, 1.82) is 0 Å². The van der Waals surface area contributed by atoms with Crippen molar-refractivity contribution < 1.29 is 0 Å². The molecule has 0 amide bonds. The van der Waals surface area contributed by atoms with Crippen LogP contribution >= 0.6 is 35.3 Å². The highest BCUT2D eigenvalue weighted by atomic mass is 127. The topological polar surface area (TPSA) is 63.3 Å². The van der Waals surface area contributed by atoms with Crippen LogP contribution in [-0.4, -0.2) is 17.5 Å². The van der Waals surface area contributed by atoms with E-state index in [9.17, 15) is 0 Å². The fourth-order valence-corrected chi connectivity index (χ4v) is 3.09. The number of guanidine groups is 1. The minimum Gasteiger partial charge on any atom is -0.370 e. The first-order valence-electron chi connectivity index (χ1n) is 8.27. The summed E-state index contributed by atoms with van der Waals surface area (Å²) in [6.45, 7) is 3.77. The van der Waals surface area contributed by atoms with Crippen molar-refractivity contribution in [2.45, 2.75) is 70.8 Å². The summed E-state index contributed by atoms with van der Waals surface area (Å²) in [7, 11) is 0. The normalized spacial score (nSPS) is 14.7. The molecular weight excluding hydrogens is 407 g/mol. The molecule has 0 aromatic carbocycles. The molecule has 0 atom stereocenters. The Labute approximate surface area is 155 Å². The van der Waals surface area contributed by atoms with Gasteiger partial charge in [0.2, 0.25) is 0 Å². The van der Waals surface area contributed by atoms with Crippen LogP contribution in [0.3, 0.4) is 0 Å². The number of rotatable bonds is 10. The molecule has 126 valence electrons. The second-order valence-corrected chi connectivity index (χ2v) is 6.78. The van der Waals surface area contributed by atoms with Gasteiger partial charge in [0.1, 0.15) is 5.01 Å². The van der Waals surface area contributed by atoms with Gasteiger partial charge in [-0.1, -0.05) is 39.0 Å². The minimum absolute atomic E-state index is 0. The molecule has 0 aliphatic heterocycles. The molecule has 1 saturated carbocycles. The quantitative estimate of drug-likeness (QED) is 0.247. The Morgan fingerprint density at radius 1 is 1.32 bits per heavy atom. The number of nitrogens with one attached hydrogen (secondary N) is 1. The van der Waals surface area contributed by atoms with E-state index < -0.39 is 0 Å². The van der Waals surface area contributed by atoms with Crippen LogP contribution in [0.1, 0.15) is 74.9 Å². The molecule has 3 N–H and O–H groups in total. The first-order valence-corrected chi connectivity index (χ1v) is 9.15. The summed E-state index contributed by atoms with van der Waals surface area (Å²) in [5.74, 6) is 1.27. The Kier molecular flexibility index (Phi) is 10.0. The van der Waals surface area contributed by atoms with Crippen molar-refractivity contribution in [3.8, 4) is 0 Å². The molecule has 0 saturated heterocycles. The van der Waals surface area contributed by atoms with Crippen LogP contribution in [0.4, 0.5) is 0 Å². The Morgan fingerprint density at radius 3 is 2.77 bits per heavy atom. The van der Waals surface area contributed by atoms with Crippen LogP contribution in [0.15, 0.2) is 10.4 Å². The highest BCUT2D eigenvalue weighted by molar-refractivity contribution is 14.0. The molecule has 1 aliphatic rings. The van der Waals surface area contributed by atoms with Gasteiger partial charge >= 0.3 is 0 Å². The van der Waals surface area contributed by atoms with E-state index in [2.05, 4.69) is 27.6 Å². The molecule has 22 heavy (non-hydrogen) atoms. The van der Waals surface area contributed by atoms with E-state index in [-0.39, 0.29) is 24.0 Å². The van der Waals surface area contributed by atoms with E-state index in [0.29, 0.717) is 12.5 Å². The van der Waals surface area contributed by atoms with Crippen LogP contribution in [-0.2, 0) is 6.54 Å². The molecule has 1 aromatic heterocycles. The fourth-order valence-electron chi connectivity index (χ4n) is 2.29. The zero-order chi connectivity index (χ0) is 14.9. The van der Waals surface area contributed by atoms with Gasteiger partial charge in [-0.2, -0.15) is 0 Å². The number of halogens is 1. The molecule has 1 fully saturated rings. The molecular formula is C16H29IN4S. The van der Waals surface area contributed by atoms with Gasteiger partial charge in [-0.25, -0.2) is 9.98 Å². The highest BCUT2D eigenvalue weighted by Crippen LogP contribution is 2.40. The highest BCUT2D eigenvalue weighted by Gasteiger charge is 2.25. The third-order valence-electron chi connectivity index (χ3n) is 3.79. The number of nitrogens with two attached hydrogens (primary N) is 1. The summed E-state index contributed by atoms with van der Waals surface area (Å²) in [6.07, 6.45) is 10.4. The molecule has 0 spiro atoms. The van der Waals surface area contributed by atoms with E-state index in [1.54, 1.807) is 11.3 Å². The Balaban J connectivity index is 0.00000242. The predicted octanol–water partition coefficient (Wildman–Crippen LogP) is 4.40. The van der Waals surface area contributed by atoms with Gasteiger partial charge in [-0.15, -0.1) is 35.3 Å². The van der Waals surface area contributed by atoms with Gasteiger partial charge in [0.15, 0.2) is 5.96 Å². The van der Waals surface area contributed by atoms with Crippen molar-refractivity contribution in [2.24, 2.45) is 10.7 Å². The predicted molar refractivity (Wildman–Crippen MR) is 106 cm³/mol. The third-order valence-corrected chi connectivity index (χ3v) is 4.64. The fraction of sp³-hybridized carbons (Fsp3) is 0.750. The van der Waals surface area contributed by atoms with Gasteiger partial charge in [0, 0.05) is 17.8 Å². The van der Waals surface area contributed by atoms with Gasteiger partial charge in [0.05, 0.1) is 12.2 Å². The molecule has 0 unspecified atom stereocenters. The monoisotopic (exact) mass is 436 g/mol. The Bertz CT molecular complexity index is 443. The average molecular weight is 436 g/mol. The second-order valence-electron chi connectivity index (χ2n) is 5.84. The number of thiazole rings is 1. The standard InChI is InChI=1S/C16H28N4S.HI/c1-2-3-4-5-6-7-10-18-16(17)19-11-15-20-14(12-21-15)13-8-9-13;/h12-13H,2-11H2,1H3,(H3,17,18,19);1H. The van der Waals surface area contributed by atoms with Crippen LogP contribution in [0.2, 0.25) is 0 Å². The second kappa shape index (κ2) is 11.2. The molecule has 4 nitrogen and oxygen atoms in total. The van der Waals surface area contributed by atoms with Crippen molar-refractivity contribution in [2.75, 3.05) is 6.54 Å². The van der Waals surface area contributed by atoms with E-state index in [1.165, 1.54) is 57.1 Å². The van der Waals surface area contributed by atoms with Crippen molar-refractivity contribution in [3.05, 3.63) is 16.1 Å². The van der Waals surface area contributed by atoms with Gasteiger partial charge < -0.3 is 11.1 Å². The van der Waals surface area contributed by atoms with E-state index in [1.807, 2.05) is 0 Å². The van der Waals surface area contributed by atoms with Crippen LogP contribution < -0.4 is 11.1 Å². The average Bonchev–Trinajstić information content (AvgIpc) is 3.23. The van der Waals surface area contributed by atoms with Crippen molar-refractivity contribution in [3.63, 3.8) is 0 Å². The van der Waals surface area contributed by atoms with Gasteiger partial charge in [0.25, 0.3) is 0 Å². The maximum Gasteiger partial charge on any atom is 0.189 e. The van der Waals surface area contributed by atoms with E-state index in [0.717, 1.165) is 17.5 Å². The molecule has 6 heteroatoms. The first kappa shape index (κ1) is 19.7. The molecule has 1 aliphatic carbocycles. The SMILES string of the molecule is CCCCCCCCNC(N)=NCc1nc(C2CC2)cs1.I. The zero-order valence-corrected chi connectivity index (χ0v) is 16.7. The smallest absolute Gasteiger partial charge is 0.189 e. The lowest BCUT2D eigenvalue weighted by Gasteiger charge is -2.05. The summed E-state index contributed by atoms with van der Waals surface area (Å²) in [5.41, 5.74) is 7.13. The lowest BCUT2D eigenvalue weighted by molar-refractivity contribution is 0.601. The van der Waals surface area contributed by atoms with Crippen LogP contribution in [0.5, 0.6) is 0 Å². The maximum atomic E-state index is 5.88. The number of aliphatic imine (C=N–C) groups is 1. The lowest BCUT2D eigenvalue weighted by Crippen LogP contribution is -2.32. The summed E-state index contributed by atoms with van der Waals surface area (Å²) in [4.78, 5) is 8.98. The lowest BCUT2D eigenvalue weighted by atomic mass is 10.1. The summed E-state index contributed by atoms with van der Waals surface area (Å²) < 4.78 is 0. The maximum absolute atomic E-state index is 5.88. The minimum atomic E-state index is 0. The summed E-state index contributed by atoms with van der Waals surface area (Å²) >= 11 is 1.70. The molecule has 2 rings (SSSR count).